The number of hydrogen-bond acceptors (Lipinski definition) is 6. The molecule has 0 aromatic heterocycles. The van der Waals surface area contributed by atoms with Crippen molar-refractivity contribution >= 4 is 29.2 Å². The van der Waals surface area contributed by atoms with E-state index in [1.807, 2.05) is 0 Å². The average molecular weight is 317 g/mol. The second-order valence-electron chi connectivity index (χ2n) is 3.91. The zero-order valence-electron chi connectivity index (χ0n) is 11.9. The van der Waals surface area contributed by atoms with Crippen LogP contribution in [0.15, 0.2) is 12.1 Å². The van der Waals surface area contributed by atoms with E-state index in [4.69, 9.17) is 26.8 Å². The molecule has 0 heterocycles. The Hall–Kier alpha value is -1.99. The fourth-order valence-electron chi connectivity index (χ4n) is 1.51. The summed E-state index contributed by atoms with van der Waals surface area (Å²) in [5.74, 6) is -0.830. The molecule has 1 unspecified atom stereocenters. The third-order valence-electron chi connectivity index (χ3n) is 2.55. The van der Waals surface area contributed by atoms with Gasteiger partial charge in [0.2, 0.25) is 0 Å². The van der Waals surface area contributed by atoms with Crippen LogP contribution in [0.4, 0.5) is 5.69 Å². The number of benzene rings is 1. The highest BCUT2D eigenvalue weighted by atomic mass is 35.5. The van der Waals surface area contributed by atoms with Gasteiger partial charge in [-0.25, -0.2) is 4.79 Å². The summed E-state index contributed by atoms with van der Waals surface area (Å²) in [7, 11) is 2.87. The third-order valence-corrected chi connectivity index (χ3v) is 2.85. The first kappa shape index (κ1) is 17.1. The molecule has 0 aliphatic heterocycles. The Morgan fingerprint density at radius 1 is 1.29 bits per heavy atom. The first-order valence-electron chi connectivity index (χ1n) is 6.09. The van der Waals surface area contributed by atoms with Crippen LogP contribution in [0.25, 0.3) is 0 Å². The van der Waals surface area contributed by atoms with Gasteiger partial charge in [0.1, 0.15) is 11.5 Å². The van der Waals surface area contributed by atoms with Crippen LogP contribution in [0, 0.1) is 0 Å². The topological polar surface area (TPSA) is 99.9 Å². The summed E-state index contributed by atoms with van der Waals surface area (Å²) in [6, 6.07) is 1.51. The van der Waals surface area contributed by atoms with Gasteiger partial charge < -0.3 is 25.3 Å². The zero-order valence-corrected chi connectivity index (χ0v) is 12.7. The van der Waals surface area contributed by atoms with E-state index in [9.17, 15) is 9.59 Å². The summed E-state index contributed by atoms with van der Waals surface area (Å²) in [5.41, 5.74) is 5.77. The van der Waals surface area contributed by atoms with E-state index < -0.39 is 17.9 Å². The van der Waals surface area contributed by atoms with Gasteiger partial charge in [0.25, 0.3) is 5.91 Å². The minimum absolute atomic E-state index is 0.136. The maximum absolute atomic E-state index is 11.9. The summed E-state index contributed by atoms with van der Waals surface area (Å²) in [5, 5.41) is 2.74. The molecule has 1 amide bonds. The molecule has 0 bridgehead atoms. The summed E-state index contributed by atoms with van der Waals surface area (Å²) < 4.78 is 14.8. The van der Waals surface area contributed by atoms with Gasteiger partial charge in [0.05, 0.1) is 31.5 Å². The molecule has 0 fully saturated rings. The van der Waals surface area contributed by atoms with Crippen LogP contribution in [0.1, 0.15) is 6.92 Å². The molecular weight excluding hydrogens is 300 g/mol. The van der Waals surface area contributed by atoms with Crippen molar-refractivity contribution in [1.82, 2.24) is 0 Å². The van der Waals surface area contributed by atoms with Crippen molar-refractivity contribution in [1.29, 1.82) is 0 Å². The highest BCUT2D eigenvalue weighted by Crippen LogP contribution is 2.35. The summed E-state index contributed by atoms with van der Waals surface area (Å²) in [6.45, 7) is 1.76. The molecule has 1 aromatic carbocycles. The molecule has 21 heavy (non-hydrogen) atoms. The van der Waals surface area contributed by atoms with E-state index in [0.29, 0.717) is 11.5 Å². The van der Waals surface area contributed by atoms with E-state index in [2.05, 4.69) is 10.1 Å². The van der Waals surface area contributed by atoms with Crippen molar-refractivity contribution in [3.63, 3.8) is 0 Å². The van der Waals surface area contributed by atoms with Crippen LogP contribution in [-0.2, 0) is 14.3 Å². The van der Waals surface area contributed by atoms with Crippen LogP contribution < -0.4 is 20.5 Å². The molecule has 0 saturated carbocycles. The predicted molar refractivity (Wildman–Crippen MR) is 77.8 cm³/mol. The Balaban J connectivity index is 2.94. The number of esters is 1. The Bertz CT molecular complexity index is 536. The Morgan fingerprint density at radius 2 is 1.90 bits per heavy atom. The molecule has 0 saturated heterocycles. The number of nitrogens with one attached hydrogen (secondary N) is 1. The minimum Gasteiger partial charge on any atom is -0.495 e. The number of rotatable bonds is 6. The SMILES string of the molecule is CCOC(=O)C(N)C(=O)Nc1cc(Cl)c(OC)cc1OC. The van der Waals surface area contributed by atoms with Crippen LogP contribution in [-0.4, -0.2) is 38.7 Å². The number of hydrogen-bond donors (Lipinski definition) is 2. The van der Waals surface area contributed by atoms with E-state index in [0.717, 1.165) is 0 Å². The minimum atomic E-state index is -1.43. The predicted octanol–water partition coefficient (Wildman–Crippen LogP) is 1.19. The lowest BCUT2D eigenvalue weighted by Crippen LogP contribution is -2.43. The van der Waals surface area contributed by atoms with Crippen molar-refractivity contribution < 1.29 is 23.8 Å². The van der Waals surface area contributed by atoms with Gasteiger partial charge >= 0.3 is 5.97 Å². The lowest BCUT2D eigenvalue weighted by Gasteiger charge is -2.15. The fraction of sp³-hybridized carbons (Fsp3) is 0.385. The van der Waals surface area contributed by atoms with E-state index in [-0.39, 0.29) is 17.3 Å². The second-order valence-corrected chi connectivity index (χ2v) is 4.31. The molecule has 0 aliphatic carbocycles. The largest absolute Gasteiger partial charge is 0.495 e. The number of anilines is 1. The molecule has 0 spiro atoms. The lowest BCUT2D eigenvalue weighted by atomic mass is 10.2. The highest BCUT2D eigenvalue weighted by molar-refractivity contribution is 6.32. The molecule has 7 nitrogen and oxygen atoms in total. The fourth-order valence-corrected chi connectivity index (χ4v) is 1.75. The van der Waals surface area contributed by atoms with Gasteiger partial charge in [0, 0.05) is 6.07 Å². The standard InChI is InChI=1S/C13H17ClN2O5/c1-4-21-13(18)11(15)12(17)16-8-5-7(14)9(19-2)6-10(8)20-3/h5-6,11H,4,15H2,1-3H3,(H,16,17). The number of carbonyl (C=O) groups is 2. The molecular formula is C13H17ClN2O5. The zero-order chi connectivity index (χ0) is 16.0. The van der Waals surface area contributed by atoms with Gasteiger partial charge in [-0.1, -0.05) is 11.6 Å². The van der Waals surface area contributed by atoms with Gasteiger partial charge in [-0.3, -0.25) is 4.79 Å². The van der Waals surface area contributed by atoms with Crippen molar-refractivity contribution in [3.8, 4) is 11.5 Å². The van der Waals surface area contributed by atoms with E-state index in [1.54, 1.807) is 6.92 Å². The number of ether oxygens (including phenoxy) is 3. The van der Waals surface area contributed by atoms with Crippen LogP contribution in [0.3, 0.4) is 0 Å². The van der Waals surface area contributed by atoms with Crippen LogP contribution in [0.5, 0.6) is 11.5 Å². The van der Waals surface area contributed by atoms with Crippen molar-refractivity contribution in [2.75, 3.05) is 26.1 Å². The van der Waals surface area contributed by atoms with Gasteiger partial charge in [0.15, 0.2) is 6.04 Å². The number of nitrogens with two attached hydrogens (primary N) is 1. The van der Waals surface area contributed by atoms with E-state index >= 15 is 0 Å². The number of methoxy groups -OCH3 is 2. The Labute approximate surface area is 127 Å². The molecule has 3 N–H and O–H groups in total. The Kier molecular flexibility index (Phi) is 6.26. The maximum atomic E-state index is 11.9. The highest BCUT2D eigenvalue weighted by Gasteiger charge is 2.24. The van der Waals surface area contributed by atoms with Crippen molar-refractivity contribution in [2.24, 2.45) is 5.73 Å². The quantitative estimate of drug-likeness (QED) is 0.604. The van der Waals surface area contributed by atoms with E-state index in [1.165, 1.54) is 26.4 Å². The van der Waals surface area contributed by atoms with Gasteiger partial charge in [-0.2, -0.15) is 0 Å². The molecule has 1 aromatic rings. The average Bonchev–Trinajstić information content (AvgIpc) is 2.46. The number of amides is 1. The molecule has 116 valence electrons. The van der Waals surface area contributed by atoms with Crippen LogP contribution in [0.2, 0.25) is 5.02 Å². The summed E-state index contributed by atoms with van der Waals surface area (Å²) in [4.78, 5) is 23.3. The summed E-state index contributed by atoms with van der Waals surface area (Å²) in [6.07, 6.45) is 0. The van der Waals surface area contributed by atoms with Crippen molar-refractivity contribution in [2.45, 2.75) is 13.0 Å². The third kappa shape index (κ3) is 4.24. The molecule has 1 rings (SSSR count). The van der Waals surface area contributed by atoms with Crippen LogP contribution >= 0.6 is 11.6 Å². The van der Waals surface area contributed by atoms with Gasteiger partial charge in [-0.05, 0) is 13.0 Å². The molecule has 8 heteroatoms. The molecule has 0 aliphatic rings. The number of carbonyl (C=O) groups excluding carboxylic acids is 2. The first-order valence-corrected chi connectivity index (χ1v) is 6.47. The van der Waals surface area contributed by atoms with Crippen molar-refractivity contribution in [3.05, 3.63) is 17.2 Å². The number of halogens is 1. The Morgan fingerprint density at radius 3 is 2.43 bits per heavy atom. The smallest absolute Gasteiger partial charge is 0.332 e. The maximum Gasteiger partial charge on any atom is 0.332 e. The summed E-state index contributed by atoms with van der Waals surface area (Å²) >= 11 is 5.98. The monoisotopic (exact) mass is 316 g/mol. The first-order chi connectivity index (χ1) is 9.94. The van der Waals surface area contributed by atoms with Gasteiger partial charge in [-0.15, -0.1) is 0 Å². The molecule has 0 radical (unpaired) electrons. The normalized spacial score (nSPS) is 11.5. The second kappa shape index (κ2) is 7.70. The lowest BCUT2D eigenvalue weighted by molar-refractivity contribution is -0.146. The molecule has 1 atom stereocenters.